The number of benzene rings is 2. The molecule has 1 atom stereocenters. The Bertz CT molecular complexity index is 758. The number of nitrogens with one attached hydrogen (secondary N) is 1. The minimum absolute atomic E-state index is 0.0257. The molecule has 0 spiro atoms. The topological polar surface area (TPSA) is 41.6 Å². The first-order valence-electron chi connectivity index (χ1n) is 9.80. The monoisotopic (exact) mass is 366 g/mol. The Balaban J connectivity index is 1.58. The van der Waals surface area contributed by atoms with Crippen molar-refractivity contribution >= 4 is 11.6 Å². The van der Waals surface area contributed by atoms with Crippen molar-refractivity contribution in [3.63, 3.8) is 0 Å². The fourth-order valence-corrected chi connectivity index (χ4v) is 3.63. The number of aryl methyl sites for hydroxylation is 1. The number of carbonyl (C=O) groups is 1. The molecule has 1 amide bonds. The van der Waals surface area contributed by atoms with E-state index in [-0.39, 0.29) is 12.0 Å². The highest BCUT2D eigenvalue weighted by molar-refractivity contribution is 5.92. The SMILES string of the molecule is Cc1cccc(C(C)C)c1NC(=O)CC1CN(Cc2ccccc2)CCO1. The van der Waals surface area contributed by atoms with Crippen LogP contribution in [-0.2, 0) is 16.1 Å². The zero-order valence-electron chi connectivity index (χ0n) is 16.6. The summed E-state index contributed by atoms with van der Waals surface area (Å²) in [6.07, 6.45) is 0.325. The molecule has 4 heteroatoms. The molecule has 1 unspecified atom stereocenters. The van der Waals surface area contributed by atoms with E-state index in [9.17, 15) is 4.79 Å². The molecule has 0 saturated carbocycles. The van der Waals surface area contributed by atoms with Crippen LogP contribution in [0.1, 0.15) is 42.9 Å². The van der Waals surface area contributed by atoms with E-state index in [1.54, 1.807) is 0 Å². The molecule has 1 heterocycles. The molecule has 144 valence electrons. The van der Waals surface area contributed by atoms with Crippen LogP contribution in [0.3, 0.4) is 0 Å². The van der Waals surface area contributed by atoms with Crippen LogP contribution in [-0.4, -0.2) is 36.6 Å². The first-order valence-corrected chi connectivity index (χ1v) is 9.80. The van der Waals surface area contributed by atoms with Gasteiger partial charge in [-0.05, 0) is 29.5 Å². The van der Waals surface area contributed by atoms with Crippen molar-refractivity contribution in [1.29, 1.82) is 0 Å². The van der Waals surface area contributed by atoms with Gasteiger partial charge in [-0.2, -0.15) is 0 Å². The molecule has 0 radical (unpaired) electrons. The summed E-state index contributed by atoms with van der Waals surface area (Å²) in [6, 6.07) is 16.6. The van der Waals surface area contributed by atoms with E-state index in [2.05, 4.69) is 54.4 Å². The molecule has 0 bridgehead atoms. The maximum absolute atomic E-state index is 12.7. The predicted octanol–water partition coefficient (Wildman–Crippen LogP) is 4.35. The second kappa shape index (κ2) is 9.16. The van der Waals surface area contributed by atoms with Crippen molar-refractivity contribution in [2.24, 2.45) is 0 Å². The number of morpholine rings is 1. The van der Waals surface area contributed by atoms with Crippen LogP contribution in [0.15, 0.2) is 48.5 Å². The second-order valence-corrected chi connectivity index (χ2v) is 7.66. The van der Waals surface area contributed by atoms with Gasteiger partial charge >= 0.3 is 0 Å². The van der Waals surface area contributed by atoms with Crippen molar-refractivity contribution < 1.29 is 9.53 Å². The number of carbonyl (C=O) groups excluding carboxylic acids is 1. The summed E-state index contributed by atoms with van der Waals surface area (Å²) in [4.78, 5) is 15.0. The molecule has 0 aromatic heterocycles. The number of amides is 1. The molecule has 1 N–H and O–H groups in total. The Labute approximate surface area is 162 Å². The van der Waals surface area contributed by atoms with Gasteiger partial charge in [0.05, 0.1) is 19.1 Å². The molecule has 2 aromatic carbocycles. The molecule has 1 saturated heterocycles. The predicted molar refractivity (Wildman–Crippen MR) is 110 cm³/mol. The van der Waals surface area contributed by atoms with Crippen molar-refractivity contribution in [2.75, 3.05) is 25.0 Å². The standard InChI is InChI=1S/C23H30N2O2/c1-17(2)21-11-7-8-18(3)23(21)24-22(26)14-20-16-25(12-13-27-20)15-19-9-5-4-6-10-19/h4-11,17,20H,12-16H2,1-3H3,(H,24,26). The highest BCUT2D eigenvalue weighted by atomic mass is 16.5. The van der Waals surface area contributed by atoms with Gasteiger partial charge in [-0.25, -0.2) is 0 Å². The molecule has 0 aliphatic carbocycles. The number of nitrogens with zero attached hydrogens (tertiary/aromatic N) is 1. The third kappa shape index (κ3) is 5.41. The summed E-state index contributed by atoms with van der Waals surface area (Å²) in [5.41, 5.74) is 4.53. The van der Waals surface area contributed by atoms with Crippen LogP contribution < -0.4 is 5.32 Å². The molecule has 2 aromatic rings. The Morgan fingerprint density at radius 2 is 1.96 bits per heavy atom. The lowest BCUT2D eigenvalue weighted by atomic mass is 9.98. The Hall–Kier alpha value is -2.17. The summed E-state index contributed by atoms with van der Waals surface area (Å²) in [7, 11) is 0. The number of anilines is 1. The van der Waals surface area contributed by atoms with Gasteiger partial charge in [0.2, 0.25) is 5.91 Å². The van der Waals surface area contributed by atoms with Crippen LogP contribution in [0.5, 0.6) is 0 Å². The highest BCUT2D eigenvalue weighted by Gasteiger charge is 2.23. The van der Waals surface area contributed by atoms with Gasteiger partial charge in [0.15, 0.2) is 0 Å². The highest BCUT2D eigenvalue weighted by Crippen LogP contribution is 2.27. The van der Waals surface area contributed by atoms with Gasteiger partial charge in [0, 0.05) is 25.3 Å². The lowest BCUT2D eigenvalue weighted by Crippen LogP contribution is -2.43. The summed E-state index contributed by atoms with van der Waals surface area (Å²) < 4.78 is 5.86. The zero-order chi connectivity index (χ0) is 19.2. The fourth-order valence-electron chi connectivity index (χ4n) is 3.63. The van der Waals surface area contributed by atoms with Crippen LogP contribution in [0.25, 0.3) is 0 Å². The van der Waals surface area contributed by atoms with E-state index in [0.29, 0.717) is 18.9 Å². The first kappa shape index (κ1) is 19.6. The van der Waals surface area contributed by atoms with Crippen LogP contribution in [0.2, 0.25) is 0 Å². The van der Waals surface area contributed by atoms with E-state index in [4.69, 9.17) is 4.74 Å². The maximum Gasteiger partial charge on any atom is 0.227 e. The molecule has 4 nitrogen and oxygen atoms in total. The number of rotatable bonds is 6. The molecular formula is C23H30N2O2. The molecule has 1 aliphatic rings. The third-order valence-electron chi connectivity index (χ3n) is 5.08. The lowest BCUT2D eigenvalue weighted by Gasteiger charge is -2.32. The van der Waals surface area contributed by atoms with E-state index in [1.165, 1.54) is 11.1 Å². The van der Waals surface area contributed by atoms with E-state index >= 15 is 0 Å². The molecule has 1 fully saturated rings. The van der Waals surface area contributed by atoms with Gasteiger partial charge < -0.3 is 10.1 Å². The average molecular weight is 367 g/mol. The molecular weight excluding hydrogens is 336 g/mol. The van der Waals surface area contributed by atoms with Gasteiger partial charge in [-0.1, -0.05) is 62.4 Å². The van der Waals surface area contributed by atoms with Crippen LogP contribution >= 0.6 is 0 Å². The van der Waals surface area contributed by atoms with Gasteiger partial charge in [0.1, 0.15) is 0 Å². The van der Waals surface area contributed by atoms with Crippen LogP contribution in [0, 0.1) is 6.92 Å². The van der Waals surface area contributed by atoms with Crippen molar-refractivity contribution in [3.05, 3.63) is 65.2 Å². The minimum atomic E-state index is -0.0611. The van der Waals surface area contributed by atoms with E-state index in [0.717, 1.165) is 30.9 Å². The summed E-state index contributed by atoms with van der Waals surface area (Å²) >= 11 is 0. The average Bonchev–Trinajstić information content (AvgIpc) is 2.64. The van der Waals surface area contributed by atoms with Gasteiger partial charge in [-0.3, -0.25) is 9.69 Å². The van der Waals surface area contributed by atoms with E-state index < -0.39 is 0 Å². The number of para-hydroxylation sites is 1. The van der Waals surface area contributed by atoms with E-state index in [1.807, 2.05) is 25.1 Å². The summed E-state index contributed by atoms with van der Waals surface area (Å²) in [5, 5.41) is 3.13. The summed E-state index contributed by atoms with van der Waals surface area (Å²) in [6.45, 7) is 9.60. The van der Waals surface area contributed by atoms with Crippen LogP contribution in [0.4, 0.5) is 5.69 Å². The zero-order valence-corrected chi connectivity index (χ0v) is 16.6. The first-order chi connectivity index (χ1) is 13.0. The maximum atomic E-state index is 12.7. The minimum Gasteiger partial charge on any atom is -0.375 e. The Morgan fingerprint density at radius 3 is 2.70 bits per heavy atom. The lowest BCUT2D eigenvalue weighted by molar-refractivity contribution is -0.121. The third-order valence-corrected chi connectivity index (χ3v) is 5.08. The fraction of sp³-hybridized carbons (Fsp3) is 0.435. The summed E-state index contributed by atoms with van der Waals surface area (Å²) in [5.74, 6) is 0.394. The molecule has 27 heavy (non-hydrogen) atoms. The molecule has 3 rings (SSSR count). The largest absolute Gasteiger partial charge is 0.375 e. The smallest absolute Gasteiger partial charge is 0.227 e. The number of hydrogen-bond acceptors (Lipinski definition) is 3. The Kier molecular flexibility index (Phi) is 6.64. The number of ether oxygens (including phenoxy) is 1. The van der Waals surface area contributed by atoms with Crippen molar-refractivity contribution in [3.8, 4) is 0 Å². The number of hydrogen-bond donors (Lipinski definition) is 1. The second-order valence-electron chi connectivity index (χ2n) is 7.66. The van der Waals surface area contributed by atoms with Gasteiger partial charge in [0.25, 0.3) is 0 Å². The quantitative estimate of drug-likeness (QED) is 0.826. The van der Waals surface area contributed by atoms with Crippen molar-refractivity contribution in [2.45, 2.75) is 45.8 Å². The normalized spacial score (nSPS) is 17.9. The van der Waals surface area contributed by atoms with Gasteiger partial charge in [-0.15, -0.1) is 0 Å². The Morgan fingerprint density at radius 1 is 1.19 bits per heavy atom. The van der Waals surface area contributed by atoms with Crippen molar-refractivity contribution in [1.82, 2.24) is 4.90 Å². The molecule has 1 aliphatic heterocycles.